The first kappa shape index (κ1) is 13.2. The van der Waals surface area contributed by atoms with Crippen LogP contribution in [0.5, 0.6) is 0 Å². The highest BCUT2D eigenvalue weighted by Crippen LogP contribution is 2.32. The van der Waals surface area contributed by atoms with Crippen molar-refractivity contribution in [1.82, 2.24) is 24.8 Å². The summed E-state index contributed by atoms with van der Waals surface area (Å²) in [6.07, 6.45) is 7.08. The van der Waals surface area contributed by atoms with Crippen LogP contribution in [0.4, 0.5) is 0 Å². The van der Waals surface area contributed by atoms with Gasteiger partial charge in [0.25, 0.3) is 0 Å². The maximum atomic E-state index is 4.95. The molecule has 5 heteroatoms. The highest BCUT2D eigenvalue weighted by atomic mass is 15.3. The van der Waals surface area contributed by atoms with E-state index in [1.165, 1.54) is 44.6 Å². The Kier molecular flexibility index (Phi) is 3.39. The number of hydrogen-bond acceptors (Lipinski definition) is 4. The van der Waals surface area contributed by atoms with Crippen molar-refractivity contribution >= 4 is 11.2 Å². The van der Waals surface area contributed by atoms with Gasteiger partial charge in [0.2, 0.25) is 0 Å². The van der Waals surface area contributed by atoms with E-state index in [4.69, 9.17) is 4.98 Å². The summed E-state index contributed by atoms with van der Waals surface area (Å²) in [6, 6.07) is 4.08. The van der Waals surface area contributed by atoms with Crippen LogP contribution in [0.1, 0.15) is 43.6 Å². The molecule has 1 unspecified atom stereocenters. The lowest BCUT2D eigenvalue weighted by molar-refractivity contribution is 0.246. The number of hydrogen-bond donors (Lipinski definition) is 1. The van der Waals surface area contributed by atoms with Gasteiger partial charge in [-0.05, 0) is 64.5 Å². The van der Waals surface area contributed by atoms with Gasteiger partial charge in [0.1, 0.15) is 11.3 Å². The topological polar surface area (TPSA) is 46.0 Å². The van der Waals surface area contributed by atoms with E-state index in [0.717, 1.165) is 17.7 Å². The SMILES string of the molecule is CN1CCC(c2nc3cccnc3n2C2CCCN2)CC1. The molecule has 2 aromatic heterocycles. The summed E-state index contributed by atoms with van der Waals surface area (Å²) in [6.45, 7) is 3.43. The Hall–Kier alpha value is -1.46. The maximum Gasteiger partial charge on any atom is 0.161 e. The van der Waals surface area contributed by atoms with Crippen LogP contribution in [-0.4, -0.2) is 46.1 Å². The summed E-state index contributed by atoms with van der Waals surface area (Å²) in [5.74, 6) is 1.81. The predicted molar refractivity (Wildman–Crippen MR) is 83.3 cm³/mol. The number of nitrogens with one attached hydrogen (secondary N) is 1. The van der Waals surface area contributed by atoms with Crippen LogP contribution in [0.2, 0.25) is 0 Å². The summed E-state index contributed by atoms with van der Waals surface area (Å²) in [5.41, 5.74) is 2.09. The van der Waals surface area contributed by atoms with Gasteiger partial charge in [-0.15, -0.1) is 0 Å². The van der Waals surface area contributed by atoms with E-state index < -0.39 is 0 Å². The maximum absolute atomic E-state index is 4.95. The third-order valence-electron chi connectivity index (χ3n) is 4.91. The number of rotatable bonds is 2. The molecule has 4 rings (SSSR count). The Morgan fingerprint density at radius 3 is 2.86 bits per heavy atom. The number of likely N-dealkylation sites (tertiary alicyclic amines) is 1. The van der Waals surface area contributed by atoms with Crippen molar-refractivity contribution in [2.45, 2.75) is 37.8 Å². The van der Waals surface area contributed by atoms with Crippen molar-refractivity contribution < 1.29 is 0 Å². The molecular formula is C16H23N5. The van der Waals surface area contributed by atoms with E-state index in [0.29, 0.717) is 12.1 Å². The zero-order valence-electron chi connectivity index (χ0n) is 12.6. The van der Waals surface area contributed by atoms with Gasteiger partial charge in [-0.1, -0.05) is 0 Å². The molecule has 5 nitrogen and oxygen atoms in total. The van der Waals surface area contributed by atoms with Crippen LogP contribution in [0.3, 0.4) is 0 Å². The van der Waals surface area contributed by atoms with Crippen molar-refractivity contribution in [2.75, 3.05) is 26.7 Å². The van der Waals surface area contributed by atoms with E-state index in [1.807, 2.05) is 12.3 Å². The molecule has 4 heterocycles. The molecule has 0 aromatic carbocycles. The largest absolute Gasteiger partial charge is 0.306 e. The lowest BCUT2D eigenvalue weighted by atomic mass is 9.96. The fourth-order valence-electron chi connectivity index (χ4n) is 3.70. The van der Waals surface area contributed by atoms with Gasteiger partial charge >= 0.3 is 0 Å². The zero-order chi connectivity index (χ0) is 14.2. The van der Waals surface area contributed by atoms with Crippen molar-refractivity contribution in [3.8, 4) is 0 Å². The Morgan fingerprint density at radius 2 is 2.10 bits per heavy atom. The third-order valence-corrected chi connectivity index (χ3v) is 4.91. The van der Waals surface area contributed by atoms with Crippen LogP contribution >= 0.6 is 0 Å². The summed E-state index contributed by atoms with van der Waals surface area (Å²) >= 11 is 0. The fraction of sp³-hybridized carbons (Fsp3) is 0.625. The number of aromatic nitrogens is 3. The molecular weight excluding hydrogens is 262 g/mol. The molecule has 0 spiro atoms. The third kappa shape index (κ3) is 2.34. The summed E-state index contributed by atoms with van der Waals surface area (Å²) in [5, 5.41) is 3.61. The zero-order valence-corrected chi connectivity index (χ0v) is 12.6. The van der Waals surface area contributed by atoms with Crippen LogP contribution < -0.4 is 5.32 Å². The lowest BCUT2D eigenvalue weighted by Gasteiger charge is -2.29. The van der Waals surface area contributed by atoms with Crippen LogP contribution in [-0.2, 0) is 0 Å². The molecule has 2 aliphatic rings. The molecule has 112 valence electrons. The molecule has 0 radical (unpaired) electrons. The first-order chi connectivity index (χ1) is 10.3. The van der Waals surface area contributed by atoms with Gasteiger partial charge in [-0.2, -0.15) is 0 Å². The molecule has 2 saturated heterocycles. The van der Waals surface area contributed by atoms with Gasteiger partial charge < -0.3 is 4.90 Å². The first-order valence-electron chi connectivity index (χ1n) is 8.08. The molecule has 1 atom stereocenters. The average Bonchev–Trinajstić information content (AvgIpc) is 3.14. The minimum Gasteiger partial charge on any atom is -0.306 e. The monoisotopic (exact) mass is 285 g/mol. The van der Waals surface area contributed by atoms with E-state index in [-0.39, 0.29) is 0 Å². The van der Waals surface area contributed by atoms with Gasteiger partial charge in [0, 0.05) is 12.1 Å². The average molecular weight is 285 g/mol. The fourth-order valence-corrected chi connectivity index (χ4v) is 3.70. The van der Waals surface area contributed by atoms with Crippen LogP contribution in [0.25, 0.3) is 11.2 Å². The van der Waals surface area contributed by atoms with Crippen molar-refractivity contribution in [1.29, 1.82) is 0 Å². The molecule has 2 aliphatic heterocycles. The van der Waals surface area contributed by atoms with Gasteiger partial charge in [0.05, 0.1) is 6.17 Å². The predicted octanol–water partition coefficient (Wildman–Crippen LogP) is 2.12. The van der Waals surface area contributed by atoms with Crippen molar-refractivity contribution in [3.05, 3.63) is 24.2 Å². The summed E-state index contributed by atoms with van der Waals surface area (Å²) in [7, 11) is 2.21. The number of pyridine rings is 1. The van der Waals surface area contributed by atoms with E-state index in [9.17, 15) is 0 Å². The highest BCUT2D eigenvalue weighted by molar-refractivity contribution is 5.71. The van der Waals surface area contributed by atoms with Crippen molar-refractivity contribution in [3.63, 3.8) is 0 Å². The number of fused-ring (bicyclic) bond motifs is 1. The number of imidazole rings is 1. The minimum absolute atomic E-state index is 0.375. The Labute approximate surface area is 125 Å². The van der Waals surface area contributed by atoms with Crippen LogP contribution in [0, 0.1) is 0 Å². The Morgan fingerprint density at radius 1 is 1.24 bits per heavy atom. The van der Waals surface area contributed by atoms with Gasteiger partial charge in [0.15, 0.2) is 5.65 Å². The van der Waals surface area contributed by atoms with E-state index >= 15 is 0 Å². The molecule has 0 aliphatic carbocycles. The normalized spacial score (nSPS) is 24.9. The first-order valence-corrected chi connectivity index (χ1v) is 8.08. The minimum atomic E-state index is 0.375. The Bertz CT molecular complexity index is 621. The molecule has 21 heavy (non-hydrogen) atoms. The molecule has 0 amide bonds. The second kappa shape index (κ2) is 5.39. The van der Waals surface area contributed by atoms with Crippen LogP contribution in [0.15, 0.2) is 18.3 Å². The van der Waals surface area contributed by atoms with Gasteiger partial charge in [-0.3, -0.25) is 9.88 Å². The standard InChI is InChI=1S/C16H23N5/c1-20-10-6-12(7-11-20)15-19-13-4-2-9-18-16(13)21(15)14-5-3-8-17-14/h2,4,9,12,14,17H,3,5-8,10-11H2,1H3. The lowest BCUT2D eigenvalue weighted by Crippen LogP contribution is -2.31. The van der Waals surface area contributed by atoms with E-state index in [2.05, 4.69) is 32.9 Å². The number of piperidine rings is 1. The molecule has 2 fully saturated rings. The second-order valence-corrected chi connectivity index (χ2v) is 6.38. The molecule has 2 aromatic rings. The summed E-state index contributed by atoms with van der Waals surface area (Å²) < 4.78 is 2.39. The molecule has 0 bridgehead atoms. The summed E-state index contributed by atoms with van der Waals surface area (Å²) in [4.78, 5) is 12.0. The molecule has 0 saturated carbocycles. The van der Waals surface area contributed by atoms with Crippen molar-refractivity contribution in [2.24, 2.45) is 0 Å². The second-order valence-electron chi connectivity index (χ2n) is 6.38. The smallest absolute Gasteiger partial charge is 0.161 e. The highest BCUT2D eigenvalue weighted by Gasteiger charge is 2.28. The quantitative estimate of drug-likeness (QED) is 0.918. The van der Waals surface area contributed by atoms with Gasteiger partial charge in [-0.25, -0.2) is 9.97 Å². The Balaban J connectivity index is 1.77. The molecule has 1 N–H and O–H groups in total. The van der Waals surface area contributed by atoms with E-state index in [1.54, 1.807) is 0 Å². The number of nitrogens with zero attached hydrogens (tertiary/aromatic N) is 4.